The average molecular weight is 323 g/mol. The van der Waals surface area contributed by atoms with E-state index in [2.05, 4.69) is 5.32 Å². The minimum absolute atomic E-state index is 0.244. The molecule has 3 aromatic rings. The van der Waals surface area contributed by atoms with E-state index in [4.69, 9.17) is 9.15 Å². The quantitative estimate of drug-likeness (QED) is 0.746. The molecule has 0 saturated heterocycles. The van der Waals surface area contributed by atoms with E-state index in [1.807, 2.05) is 6.07 Å². The number of carbonyl (C=O) groups excluding carboxylic acids is 2. The van der Waals surface area contributed by atoms with Crippen LogP contribution in [-0.2, 0) is 9.53 Å². The third-order valence-corrected chi connectivity index (χ3v) is 3.23. The van der Waals surface area contributed by atoms with Crippen LogP contribution in [0.2, 0.25) is 0 Å². The molecular formula is C18H13NO5. The van der Waals surface area contributed by atoms with E-state index < -0.39 is 18.5 Å². The maximum atomic E-state index is 12.0. The number of nitrogens with one attached hydrogen (secondary N) is 1. The molecule has 3 rings (SSSR count). The molecule has 0 aliphatic carbocycles. The molecule has 0 saturated carbocycles. The minimum atomic E-state index is -0.874. The van der Waals surface area contributed by atoms with Crippen LogP contribution in [0.25, 0.3) is 11.0 Å². The van der Waals surface area contributed by atoms with Gasteiger partial charge >= 0.3 is 5.97 Å². The minimum Gasteiger partial charge on any atom is -0.450 e. The van der Waals surface area contributed by atoms with E-state index in [9.17, 15) is 14.4 Å². The summed E-state index contributed by atoms with van der Waals surface area (Å²) < 4.78 is 10.2. The SMILES string of the molecule is O=C(COC(=O)c1cc(=O)c2ccccc2o1)Nc1ccccc1. The lowest BCUT2D eigenvalue weighted by Gasteiger charge is -2.06. The fraction of sp³-hybridized carbons (Fsp3) is 0.0556. The van der Waals surface area contributed by atoms with Crippen molar-refractivity contribution in [3.05, 3.63) is 76.6 Å². The molecule has 0 fully saturated rings. The van der Waals surface area contributed by atoms with Crippen LogP contribution in [0.15, 0.2) is 69.9 Å². The van der Waals surface area contributed by atoms with E-state index in [-0.39, 0.29) is 16.8 Å². The third kappa shape index (κ3) is 3.49. The van der Waals surface area contributed by atoms with Gasteiger partial charge in [-0.2, -0.15) is 0 Å². The summed E-state index contributed by atoms with van der Waals surface area (Å²) in [4.78, 5) is 35.6. The Morgan fingerprint density at radius 3 is 2.50 bits per heavy atom. The van der Waals surface area contributed by atoms with Crippen LogP contribution in [0.5, 0.6) is 0 Å². The molecule has 1 amide bonds. The lowest BCUT2D eigenvalue weighted by Crippen LogP contribution is -2.21. The summed E-state index contributed by atoms with van der Waals surface area (Å²) in [7, 11) is 0. The third-order valence-electron chi connectivity index (χ3n) is 3.23. The first-order valence-corrected chi connectivity index (χ1v) is 7.18. The standard InChI is InChI=1S/C18H13NO5/c20-14-10-16(24-15-9-5-4-8-13(14)15)18(22)23-11-17(21)19-12-6-2-1-3-7-12/h1-10H,11H2,(H,19,21). The second-order valence-corrected chi connectivity index (χ2v) is 4.96. The van der Waals surface area contributed by atoms with E-state index >= 15 is 0 Å². The molecule has 0 spiro atoms. The van der Waals surface area contributed by atoms with Crippen LogP contribution in [0.3, 0.4) is 0 Å². The van der Waals surface area contributed by atoms with Gasteiger partial charge in [0.05, 0.1) is 5.39 Å². The zero-order valence-corrected chi connectivity index (χ0v) is 12.5. The Morgan fingerprint density at radius 2 is 1.71 bits per heavy atom. The molecule has 0 bridgehead atoms. The van der Waals surface area contributed by atoms with Gasteiger partial charge in [0.2, 0.25) is 5.76 Å². The summed E-state index contributed by atoms with van der Waals surface area (Å²) in [5.74, 6) is -1.61. The molecule has 0 aliphatic rings. The van der Waals surface area contributed by atoms with Gasteiger partial charge < -0.3 is 14.5 Å². The molecule has 6 heteroatoms. The van der Waals surface area contributed by atoms with Gasteiger partial charge in [-0.3, -0.25) is 9.59 Å². The van der Waals surface area contributed by atoms with Crippen LogP contribution in [0.4, 0.5) is 5.69 Å². The van der Waals surface area contributed by atoms with Crippen molar-refractivity contribution in [3.8, 4) is 0 Å². The highest BCUT2D eigenvalue weighted by Gasteiger charge is 2.15. The Hall–Kier alpha value is -3.41. The molecule has 0 radical (unpaired) electrons. The Morgan fingerprint density at radius 1 is 1.00 bits per heavy atom. The number of amides is 1. The van der Waals surface area contributed by atoms with E-state index in [0.29, 0.717) is 11.1 Å². The Kier molecular flexibility index (Phi) is 4.38. The molecular weight excluding hydrogens is 310 g/mol. The molecule has 0 aliphatic heterocycles. The van der Waals surface area contributed by atoms with Crippen molar-refractivity contribution in [1.29, 1.82) is 0 Å². The molecule has 120 valence electrons. The summed E-state index contributed by atoms with van der Waals surface area (Å²) in [6.45, 7) is -0.482. The number of esters is 1. The number of ether oxygens (including phenoxy) is 1. The predicted molar refractivity (Wildman–Crippen MR) is 87.8 cm³/mol. The van der Waals surface area contributed by atoms with Gasteiger partial charge in [0.1, 0.15) is 5.58 Å². The second-order valence-electron chi connectivity index (χ2n) is 4.96. The second kappa shape index (κ2) is 6.78. The first-order valence-electron chi connectivity index (χ1n) is 7.18. The fourth-order valence-electron chi connectivity index (χ4n) is 2.13. The molecule has 0 unspecified atom stereocenters. The molecule has 6 nitrogen and oxygen atoms in total. The number of anilines is 1. The largest absolute Gasteiger partial charge is 0.450 e. The van der Waals surface area contributed by atoms with Crippen LogP contribution >= 0.6 is 0 Å². The van der Waals surface area contributed by atoms with Gasteiger partial charge in [-0.1, -0.05) is 30.3 Å². The van der Waals surface area contributed by atoms with Gasteiger partial charge in [0.15, 0.2) is 12.0 Å². The normalized spacial score (nSPS) is 10.3. The number of hydrogen-bond donors (Lipinski definition) is 1. The predicted octanol–water partition coefficient (Wildman–Crippen LogP) is 2.59. The topological polar surface area (TPSA) is 85.6 Å². The Labute approximate surface area is 136 Å². The van der Waals surface area contributed by atoms with Gasteiger partial charge in [-0.05, 0) is 24.3 Å². The van der Waals surface area contributed by atoms with Crippen LogP contribution in [0, 0.1) is 0 Å². The van der Waals surface area contributed by atoms with E-state index in [1.54, 1.807) is 48.5 Å². The zero-order valence-electron chi connectivity index (χ0n) is 12.5. The summed E-state index contributed by atoms with van der Waals surface area (Å²) in [5.41, 5.74) is 0.527. The molecule has 2 aromatic carbocycles. The van der Waals surface area contributed by atoms with Crippen molar-refractivity contribution in [2.24, 2.45) is 0 Å². The van der Waals surface area contributed by atoms with Gasteiger partial charge in [-0.15, -0.1) is 0 Å². The van der Waals surface area contributed by atoms with E-state index in [0.717, 1.165) is 6.07 Å². The highest BCUT2D eigenvalue weighted by molar-refractivity contribution is 5.95. The lowest BCUT2D eigenvalue weighted by molar-refractivity contribution is -0.119. The number of hydrogen-bond acceptors (Lipinski definition) is 5. The van der Waals surface area contributed by atoms with E-state index in [1.165, 1.54) is 0 Å². The average Bonchev–Trinajstić information content (AvgIpc) is 2.60. The zero-order chi connectivity index (χ0) is 16.9. The fourth-order valence-corrected chi connectivity index (χ4v) is 2.13. The molecule has 0 atom stereocenters. The number of para-hydroxylation sites is 2. The molecule has 1 N–H and O–H groups in total. The number of carbonyl (C=O) groups is 2. The van der Waals surface area contributed by atoms with Crippen molar-refractivity contribution in [2.75, 3.05) is 11.9 Å². The number of fused-ring (bicyclic) bond motifs is 1. The van der Waals surface area contributed by atoms with Gasteiger partial charge in [0.25, 0.3) is 5.91 Å². The maximum absolute atomic E-state index is 12.0. The summed E-state index contributed by atoms with van der Waals surface area (Å²) in [5, 5.41) is 2.95. The molecule has 24 heavy (non-hydrogen) atoms. The maximum Gasteiger partial charge on any atom is 0.374 e. The molecule has 1 heterocycles. The van der Waals surface area contributed by atoms with Crippen molar-refractivity contribution in [1.82, 2.24) is 0 Å². The highest BCUT2D eigenvalue weighted by atomic mass is 16.5. The molecule has 1 aromatic heterocycles. The van der Waals surface area contributed by atoms with Crippen LogP contribution in [-0.4, -0.2) is 18.5 Å². The van der Waals surface area contributed by atoms with Gasteiger partial charge in [-0.25, -0.2) is 4.79 Å². The van der Waals surface area contributed by atoms with Crippen molar-refractivity contribution < 1.29 is 18.7 Å². The summed E-state index contributed by atoms with van der Waals surface area (Å²) in [6, 6.07) is 16.4. The van der Waals surface area contributed by atoms with Crippen molar-refractivity contribution >= 4 is 28.5 Å². The van der Waals surface area contributed by atoms with Crippen molar-refractivity contribution in [3.63, 3.8) is 0 Å². The van der Waals surface area contributed by atoms with Crippen LogP contribution in [0.1, 0.15) is 10.6 Å². The first-order chi connectivity index (χ1) is 11.6. The van der Waals surface area contributed by atoms with Crippen molar-refractivity contribution in [2.45, 2.75) is 0 Å². The smallest absolute Gasteiger partial charge is 0.374 e. The highest BCUT2D eigenvalue weighted by Crippen LogP contribution is 2.12. The Bertz CT molecular complexity index is 946. The Balaban J connectivity index is 1.67. The number of rotatable bonds is 4. The van der Waals surface area contributed by atoms with Gasteiger partial charge in [0, 0.05) is 11.8 Å². The number of benzene rings is 2. The first kappa shape index (κ1) is 15.5. The summed E-state index contributed by atoms with van der Waals surface area (Å²) >= 11 is 0. The monoisotopic (exact) mass is 323 g/mol. The lowest BCUT2D eigenvalue weighted by atomic mass is 10.2. The van der Waals surface area contributed by atoms with Crippen LogP contribution < -0.4 is 10.7 Å². The summed E-state index contributed by atoms with van der Waals surface area (Å²) in [6.07, 6.45) is 0.